The molecule has 0 bridgehead atoms. The first kappa shape index (κ1) is 11.6. The number of rotatable bonds is 6. The molecule has 1 aliphatic heterocycles. The maximum absolute atomic E-state index is 3.45. The van der Waals surface area contributed by atoms with Crippen LogP contribution in [0.25, 0.3) is 0 Å². The van der Waals surface area contributed by atoms with Gasteiger partial charge in [0, 0.05) is 32.1 Å². The lowest BCUT2D eigenvalue weighted by atomic mass is 9.92. The molecule has 1 aromatic carbocycles. The third-order valence-electron chi connectivity index (χ3n) is 3.26. The average molecular weight is 218 g/mol. The fraction of sp³-hybridized carbons (Fsp3) is 0.571. The van der Waals surface area contributed by atoms with Gasteiger partial charge in [-0.1, -0.05) is 37.3 Å². The number of nitrogens with one attached hydrogen (secondary N) is 1. The molecule has 0 spiro atoms. The lowest BCUT2D eigenvalue weighted by Gasteiger charge is -2.39. The van der Waals surface area contributed by atoms with E-state index in [0.29, 0.717) is 0 Å². The van der Waals surface area contributed by atoms with Crippen LogP contribution in [0.4, 0.5) is 0 Å². The van der Waals surface area contributed by atoms with E-state index in [9.17, 15) is 0 Å². The van der Waals surface area contributed by atoms with Crippen molar-refractivity contribution in [2.45, 2.75) is 19.3 Å². The van der Waals surface area contributed by atoms with Crippen molar-refractivity contribution in [3.05, 3.63) is 35.9 Å². The zero-order valence-electron chi connectivity index (χ0n) is 10.2. The van der Waals surface area contributed by atoms with Crippen LogP contribution in [-0.2, 0) is 0 Å². The van der Waals surface area contributed by atoms with Crippen LogP contribution in [0.15, 0.2) is 30.3 Å². The Morgan fingerprint density at radius 2 is 1.94 bits per heavy atom. The largest absolute Gasteiger partial charge is 0.315 e. The number of hydrogen-bond acceptors (Lipinski definition) is 2. The minimum Gasteiger partial charge on any atom is -0.315 e. The predicted octanol–water partition coefficient (Wildman–Crippen LogP) is 2.09. The van der Waals surface area contributed by atoms with Crippen molar-refractivity contribution in [1.29, 1.82) is 0 Å². The van der Waals surface area contributed by atoms with Gasteiger partial charge >= 0.3 is 0 Å². The lowest BCUT2D eigenvalue weighted by Crippen LogP contribution is -2.47. The van der Waals surface area contributed by atoms with E-state index in [0.717, 1.165) is 19.0 Å². The van der Waals surface area contributed by atoms with E-state index < -0.39 is 0 Å². The Morgan fingerprint density at radius 1 is 1.19 bits per heavy atom. The Kier molecular flexibility index (Phi) is 4.37. The monoisotopic (exact) mass is 218 g/mol. The first-order valence-corrected chi connectivity index (χ1v) is 6.38. The van der Waals surface area contributed by atoms with Crippen LogP contribution in [0, 0.1) is 0 Å². The summed E-state index contributed by atoms with van der Waals surface area (Å²) in [5.41, 5.74) is 1.50. The summed E-state index contributed by atoms with van der Waals surface area (Å²) in [7, 11) is 0. The van der Waals surface area contributed by atoms with Crippen molar-refractivity contribution in [1.82, 2.24) is 10.2 Å². The molecule has 0 aromatic heterocycles. The molecule has 1 aliphatic rings. The van der Waals surface area contributed by atoms with Gasteiger partial charge in [0.25, 0.3) is 0 Å². The summed E-state index contributed by atoms with van der Waals surface area (Å²) in [6, 6.07) is 10.9. The second-order valence-corrected chi connectivity index (χ2v) is 4.62. The minimum atomic E-state index is 0.771. The summed E-state index contributed by atoms with van der Waals surface area (Å²) in [6.45, 7) is 8.16. The van der Waals surface area contributed by atoms with Crippen molar-refractivity contribution in [3.63, 3.8) is 0 Å². The Hall–Kier alpha value is -0.860. The summed E-state index contributed by atoms with van der Waals surface area (Å²) in [5.74, 6) is 0.771. The van der Waals surface area contributed by atoms with E-state index in [-0.39, 0.29) is 0 Å². The quantitative estimate of drug-likeness (QED) is 0.736. The molecule has 0 radical (unpaired) electrons. The molecule has 2 heteroatoms. The third-order valence-corrected chi connectivity index (χ3v) is 3.26. The lowest BCUT2D eigenvalue weighted by molar-refractivity contribution is 0.149. The fourth-order valence-corrected chi connectivity index (χ4v) is 2.23. The molecule has 0 unspecified atom stereocenters. The number of likely N-dealkylation sites (tertiary alicyclic amines) is 1. The second-order valence-electron chi connectivity index (χ2n) is 4.62. The SMILES string of the molecule is CCCNCCN1CC(c2ccccc2)C1. The zero-order chi connectivity index (χ0) is 11.2. The number of nitrogens with zero attached hydrogens (tertiary/aromatic N) is 1. The maximum atomic E-state index is 3.45. The van der Waals surface area contributed by atoms with Crippen molar-refractivity contribution >= 4 is 0 Å². The number of benzene rings is 1. The van der Waals surface area contributed by atoms with Gasteiger partial charge in [0.2, 0.25) is 0 Å². The molecule has 1 saturated heterocycles. The molecule has 0 amide bonds. The summed E-state index contributed by atoms with van der Waals surface area (Å²) >= 11 is 0. The fourth-order valence-electron chi connectivity index (χ4n) is 2.23. The first-order chi connectivity index (χ1) is 7.90. The van der Waals surface area contributed by atoms with E-state index in [2.05, 4.69) is 47.5 Å². The van der Waals surface area contributed by atoms with Crippen molar-refractivity contribution in [2.75, 3.05) is 32.7 Å². The van der Waals surface area contributed by atoms with Crippen LogP contribution in [0.3, 0.4) is 0 Å². The molecule has 0 aliphatic carbocycles. The zero-order valence-corrected chi connectivity index (χ0v) is 10.2. The number of hydrogen-bond donors (Lipinski definition) is 1. The molecule has 2 nitrogen and oxygen atoms in total. The van der Waals surface area contributed by atoms with Crippen molar-refractivity contribution in [3.8, 4) is 0 Å². The van der Waals surface area contributed by atoms with Gasteiger partial charge in [-0.05, 0) is 18.5 Å². The molecule has 1 fully saturated rings. The predicted molar refractivity (Wildman–Crippen MR) is 68.8 cm³/mol. The van der Waals surface area contributed by atoms with Gasteiger partial charge in [0.15, 0.2) is 0 Å². The summed E-state index contributed by atoms with van der Waals surface area (Å²) < 4.78 is 0. The average Bonchev–Trinajstić information content (AvgIpc) is 2.28. The molecular weight excluding hydrogens is 196 g/mol. The van der Waals surface area contributed by atoms with Crippen LogP contribution < -0.4 is 5.32 Å². The summed E-state index contributed by atoms with van der Waals surface area (Å²) in [5, 5.41) is 3.45. The van der Waals surface area contributed by atoms with Gasteiger partial charge in [0.05, 0.1) is 0 Å². The van der Waals surface area contributed by atoms with E-state index in [1.54, 1.807) is 0 Å². The standard InChI is InChI=1S/C14H22N2/c1-2-8-15-9-10-16-11-14(12-16)13-6-4-3-5-7-13/h3-7,14-15H,2,8-12H2,1H3. The Labute approximate surface area is 98.7 Å². The highest BCUT2D eigenvalue weighted by Gasteiger charge is 2.26. The van der Waals surface area contributed by atoms with Crippen LogP contribution in [0.2, 0.25) is 0 Å². The van der Waals surface area contributed by atoms with E-state index in [1.165, 1.54) is 31.6 Å². The third kappa shape index (κ3) is 3.06. The highest BCUT2D eigenvalue weighted by atomic mass is 15.2. The Morgan fingerprint density at radius 3 is 2.62 bits per heavy atom. The van der Waals surface area contributed by atoms with Crippen molar-refractivity contribution < 1.29 is 0 Å². The van der Waals surface area contributed by atoms with Crippen LogP contribution in [0.1, 0.15) is 24.8 Å². The highest BCUT2D eigenvalue weighted by Crippen LogP contribution is 2.25. The van der Waals surface area contributed by atoms with Crippen LogP contribution >= 0.6 is 0 Å². The molecule has 0 atom stereocenters. The van der Waals surface area contributed by atoms with Crippen molar-refractivity contribution in [2.24, 2.45) is 0 Å². The van der Waals surface area contributed by atoms with Crippen LogP contribution in [-0.4, -0.2) is 37.6 Å². The normalized spacial score (nSPS) is 17.3. The van der Waals surface area contributed by atoms with E-state index in [1.807, 2.05) is 0 Å². The first-order valence-electron chi connectivity index (χ1n) is 6.38. The minimum absolute atomic E-state index is 0.771. The Bertz CT molecular complexity index is 291. The summed E-state index contributed by atoms with van der Waals surface area (Å²) in [6.07, 6.45) is 1.23. The maximum Gasteiger partial charge on any atom is 0.0107 e. The molecule has 0 saturated carbocycles. The smallest absolute Gasteiger partial charge is 0.0107 e. The van der Waals surface area contributed by atoms with Crippen LogP contribution in [0.5, 0.6) is 0 Å². The van der Waals surface area contributed by atoms with Gasteiger partial charge in [0.1, 0.15) is 0 Å². The molecule has 1 heterocycles. The van der Waals surface area contributed by atoms with Gasteiger partial charge < -0.3 is 10.2 Å². The molecule has 88 valence electrons. The van der Waals surface area contributed by atoms with E-state index in [4.69, 9.17) is 0 Å². The molecule has 1 aromatic rings. The van der Waals surface area contributed by atoms with Gasteiger partial charge in [-0.3, -0.25) is 0 Å². The van der Waals surface area contributed by atoms with Gasteiger partial charge in [-0.25, -0.2) is 0 Å². The molecule has 16 heavy (non-hydrogen) atoms. The Balaban J connectivity index is 1.63. The molecule has 2 rings (SSSR count). The van der Waals surface area contributed by atoms with Gasteiger partial charge in [-0.15, -0.1) is 0 Å². The highest BCUT2D eigenvalue weighted by molar-refractivity contribution is 5.22. The molecular formula is C14H22N2. The molecule has 1 N–H and O–H groups in total. The van der Waals surface area contributed by atoms with E-state index >= 15 is 0 Å². The van der Waals surface area contributed by atoms with Gasteiger partial charge in [-0.2, -0.15) is 0 Å². The summed E-state index contributed by atoms with van der Waals surface area (Å²) in [4.78, 5) is 2.53. The second kappa shape index (κ2) is 6.02. The topological polar surface area (TPSA) is 15.3 Å².